The van der Waals surface area contributed by atoms with Crippen molar-refractivity contribution in [2.75, 3.05) is 58.0 Å². The standard InChI is InChI=1S/C31H38N8O2/c1-37-13-15-38(16-14-37)21-8-10-22(11-9-21)39-31-28(30(32)33-19-34-31)29(36-39)20-7-12-24(27(17-20)40-2)35-25-18-41-26-6-4-3-5-23(25)26/h3-7,12,17,19,21-22,25,35H,8-11,13-16,18H2,1-2H3,(H2,32,33,34). The van der Waals surface area contributed by atoms with Crippen molar-refractivity contribution in [1.82, 2.24) is 29.5 Å². The van der Waals surface area contributed by atoms with E-state index < -0.39 is 0 Å². The average molecular weight is 555 g/mol. The van der Waals surface area contributed by atoms with Crippen LogP contribution in [0.4, 0.5) is 11.5 Å². The fourth-order valence-electron chi connectivity index (χ4n) is 6.73. The summed E-state index contributed by atoms with van der Waals surface area (Å²) in [5.74, 6) is 2.10. The molecular formula is C31H38N8O2. The molecule has 1 aliphatic carbocycles. The normalized spacial score (nSPS) is 23.3. The fraction of sp³-hybridized carbons (Fsp3) is 0.452. The molecule has 2 fully saturated rings. The lowest BCUT2D eigenvalue weighted by molar-refractivity contribution is 0.0815. The molecule has 10 heteroatoms. The first kappa shape index (κ1) is 26.0. The van der Waals surface area contributed by atoms with Crippen LogP contribution in [0.3, 0.4) is 0 Å². The van der Waals surface area contributed by atoms with E-state index >= 15 is 0 Å². The zero-order chi connectivity index (χ0) is 27.9. The quantitative estimate of drug-likeness (QED) is 0.360. The van der Waals surface area contributed by atoms with Crippen molar-refractivity contribution < 1.29 is 9.47 Å². The number of anilines is 2. The van der Waals surface area contributed by atoms with Crippen LogP contribution in [-0.4, -0.2) is 82.5 Å². The van der Waals surface area contributed by atoms with Gasteiger partial charge in [0.2, 0.25) is 0 Å². The summed E-state index contributed by atoms with van der Waals surface area (Å²) in [5, 5.41) is 9.55. The Kier molecular flexibility index (Phi) is 6.88. The Hall–Kier alpha value is -3.89. The molecule has 4 aromatic rings. The minimum Gasteiger partial charge on any atom is -0.495 e. The number of aromatic nitrogens is 4. The van der Waals surface area contributed by atoms with Crippen LogP contribution >= 0.6 is 0 Å². The van der Waals surface area contributed by atoms with Gasteiger partial charge >= 0.3 is 0 Å². The minimum atomic E-state index is 0.0519. The Morgan fingerprint density at radius 3 is 2.56 bits per heavy atom. The van der Waals surface area contributed by atoms with Crippen LogP contribution in [0, 0.1) is 0 Å². The molecule has 1 atom stereocenters. The molecule has 0 radical (unpaired) electrons. The van der Waals surface area contributed by atoms with Crippen molar-refractivity contribution in [2.45, 2.75) is 43.8 Å². The predicted molar refractivity (Wildman–Crippen MR) is 160 cm³/mol. The summed E-state index contributed by atoms with van der Waals surface area (Å²) >= 11 is 0. The second kappa shape index (κ2) is 10.8. The van der Waals surface area contributed by atoms with Gasteiger partial charge in [-0.15, -0.1) is 0 Å². The number of benzene rings is 2. The van der Waals surface area contributed by atoms with Gasteiger partial charge in [-0.3, -0.25) is 4.90 Å². The topological polar surface area (TPSA) is 107 Å². The third-order valence-corrected chi connectivity index (χ3v) is 9.09. The number of piperazine rings is 1. The van der Waals surface area contributed by atoms with E-state index in [-0.39, 0.29) is 12.1 Å². The summed E-state index contributed by atoms with van der Waals surface area (Å²) in [7, 11) is 3.90. The van der Waals surface area contributed by atoms with Crippen LogP contribution in [0.15, 0.2) is 48.8 Å². The number of methoxy groups -OCH3 is 1. The molecule has 2 aromatic carbocycles. The number of hydrogen-bond donors (Lipinski definition) is 2. The molecule has 3 N–H and O–H groups in total. The number of likely N-dealkylation sites (N-methyl/N-ethyl adjacent to an activating group) is 1. The number of fused-ring (bicyclic) bond motifs is 2. The van der Waals surface area contributed by atoms with Crippen LogP contribution < -0.4 is 20.5 Å². The van der Waals surface area contributed by atoms with Gasteiger partial charge in [0, 0.05) is 43.3 Å². The molecule has 1 saturated carbocycles. The van der Waals surface area contributed by atoms with Crippen LogP contribution in [0.25, 0.3) is 22.3 Å². The summed E-state index contributed by atoms with van der Waals surface area (Å²) in [6, 6.07) is 15.3. The minimum absolute atomic E-state index is 0.0519. The van der Waals surface area contributed by atoms with Gasteiger partial charge in [0.25, 0.3) is 0 Å². The molecule has 1 saturated heterocycles. The maximum atomic E-state index is 6.45. The number of ether oxygens (including phenoxy) is 2. The molecule has 10 nitrogen and oxygen atoms in total. The molecule has 0 spiro atoms. The van der Waals surface area contributed by atoms with E-state index in [4.69, 9.17) is 20.3 Å². The third-order valence-electron chi connectivity index (χ3n) is 9.09. The highest BCUT2D eigenvalue weighted by Gasteiger charge is 2.31. The predicted octanol–water partition coefficient (Wildman–Crippen LogP) is 4.36. The summed E-state index contributed by atoms with van der Waals surface area (Å²) in [6.07, 6.45) is 6.05. The highest BCUT2D eigenvalue weighted by molar-refractivity contribution is 5.98. The lowest BCUT2D eigenvalue weighted by atomic mass is 9.90. The average Bonchev–Trinajstić information content (AvgIpc) is 3.61. The van der Waals surface area contributed by atoms with E-state index in [2.05, 4.69) is 48.9 Å². The van der Waals surface area contributed by atoms with Crippen LogP contribution in [0.5, 0.6) is 11.5 Å². The van der Waals surface area contributed by atoms with Gasteiger partial charge in [0.1, 0.15) is 35.9 Å². The SMILES string of the molecule is COc1cc(-c2nn(C3CCC(N4CCN(C)CC4)CC3)c3ncnc(N)c23)ccc1NC1COc2ccccc21. The Labute approximate surface area is 240 Å². The van der Waals surface area contributed by atoms with Crippen molar-refractivity contribution in [2.24, 2.45) is 0 Å². The summed E-state index contributed by atoms with van der Waals surface area (Å²) < 4.78 is 13.8. The van der Waals surface area contributed by atoms with E-state index in [1.54, 1.807) is 13.4 Å². The maximum Gasteiger partial charge on any atom is 0.164 e. The number of nitrogens with one attached hydrogen (secondary N) is 1. The Balaban J connectivity index is 1.15. The lowest BCUT2D eigenvalue weighted by Crippen LogP contribution is -2.49. The first-order chi connectivity index (χ1) is 20.1. The molecule has 4 heterocycles. The fourth-order valence-corrected chi connectivity index (χ4v) is 6.73. The number of nitrogen functional groups attached to an aromatic ring is 1. The first-order valence-corrected chi connectivity index (χ1v) is 14.7. The van der Waals surface area contributed by atoms with Crippen LogP contribution in [-0.2, 0) is 0 Å². The summed E-state index contributed by atoms with van der Waals surface area (Å²) in [5.41, 5.74) is 11.0. The van der Waals surface area contributed by atoms with Gasteiger partial charge in [-0.1, -0.05) is 24.3 Å². The molecule has 214 valence electrons. The molecule has 0 amide bonds. The van der Waals surface area contributed by atoms with Gasteiger partial charge in [0.05, 0.1) is 30.3 Å². The van der Waals surface area contributed by atoms with Crippen molar-refractivity contribution in [3.8, 4) is 22.8 Å². The largest absolute Gasteiger partial charge is 0.495 e. The van der Waals surface area contributed by atoms with Crippen molar-refractivity contribution >= 4 is 22.5 Å². The lowest BCUT2D eigenvalue weighted by Gasteiger charge is -2.41. The van der Waals surface area contributed by atoms with Gasteiger partial charge in [-0.25, -0.2) is 14.6 Å². The smallest absolute Gasteiger partial charge is 0.164 e. The molecule has 1 unspecified atom stereocenters. The van der Waals surface area contributed by atoms with Crippen molar-refractivity contribution in [3.63, 3.8) is 0 Å². The van der Waals surface area contributed by atoms with E-state index in [1.165, 1.54) is 12.8 Å². The molecule has 2 aliphatic heterocycles. The molecule has 7 rings (SSSR count). The summed E-state index contributed by atoms with van der Waals surface area (Å²) in [6.45, 7) is 5.21. The monoisotopic (exact) mass is 554 g/mol. The molecule has 3 aliphatic rings. The van der Waals surface area contributed by atoms with Gasteiger partial charge < -0.3 is 25.4 Å². The molecule has 2 aromatic heterocycles. The molecular weight excluding hydrogens is 516 g/mol. The second-order valence-electron chi connectivity index (χ2n) is 11.5. The van der Waals surface area contributed by atoms with Crippen molar-refractivity contribution in [1.29, 1.82) is 0 Å². The maximum absolute atomic E-state index is 6.45. The number of rotatable bonds is 6. The Morgan fingerprint density at radius 1 is 0.976 bits per heavy atom. The summed E-state index contributed by atoms with van der Waals surface area (Å²) in [4.78, 5) is 14.1. The van der Waals surface area contributed by atoms with Gasteiger partial charge in [-0.2, -0.15) is 5.10 Å². The van der Waals surface area contributed by atoms with Crippen molar-refractivity contribution in [3.05, 3.63) is 54.4 Å². The number of nitrogens with zero attached hydrogens (tertiary/aromatic N) is 6. The second-order valence-corrected chi connectivity index (χ2v) is 11.5. The van der Waals surface area contributed by atoms with E-state index in [0.717, 1.165) is 84.1 Å². The first-order valence-electron chi connectivity index (χ1n) is 14.7. The van der Waals surface area contributed by atoms with Gasteiger partial charge in [-0.05, 0) is 50.9 Å². The molecule has 0 bridgehead atoms. The van der Waals surface area contributed by atoms with Crippen LogP contribution in [0.1, 0.15) is 43.3 Å². The number of nitrogens with two attached hydrogens (primary N) is 1. The van der Waals surface area contributed by atoms with E-state index in [9.17, 15) is 0 Å². The zero-order valence-electron chi connectivity index (χ0n) is 23.8. The number of para-hydroxylation sites is 1. The van der Waals surface area contributed by atoms with E-state index in [1.807, 2.05) is 30.3 Å². The molecule has 41 heavy (non-hydrogen) atoms. The number of hydrogen-bond acceptors (Lipinski definition) is 9. The van der Waals surface area contributed by atoms with Gasteiger partial charge in [0.15, 0.2) is 5.65 Å². The van der Waals surface area contributed by atoms with Crippen LogP contribution in [0.2, 0.25) is 0 Å². The highest BCUT2D eigenvalue weighted by atomic mass is 16.5. The Bertz CT molecular complexity index is 1540. The van der Waals surface area contributed by atoms with E-state index in [0.29, 0.717) is 18.5 Å². The third kappa shape index (κ3) is 4.85. The Morgan fingerprint density at radius 2 is 1.76 bits per heavy atom. The highest BCUT2D eigenvalue weighted by Crippen LogP contribution is 2.41. The zero-order valence-corrected chi connectivity index (χ0v) is 23.8.